The maximum atomic E-state index is 12.1. The summed E-state index contributed by atoms with van der Waals surface area (Å²) in [6.45, 7) is 1.46. The van der Waals surface area contributed by atoms with Gasteiger partial charge in [-0.25, -0.2) is 19.4 Å². The van der Waals surface area contributed by atoms with Gasteiger partial charge in [0, 0.05) is 18.7 Å². The number of ether oxygens (including phenoxy) is 2. The quantitative estimate of drug-likeness (QED) is 0.387. The molecule has 0 radical (unpaired) electrons. The van der Waals surface area contributed by atoms with Gasteiger partial charge in [-0.2, -0.15) is 5.10 Å². The van der Waals surface area contributed by atoms with Crippen LogP contribution in [-0.4, -0.2) is 45.2 Å². The summed E-state index contributed by atoms with van der Waals surface area (Å²) in [4.78, 5) is 20.6. The summed E-state index contributed by atoms with van der Waals surface area (Å²) in [5.41, 5.74) is 8.32. The third-order valence-corrected chi connectivity index (χ3v) is 5.50. The van der Waals surface area contributed by atoms with Gasteiger partial charge in [0.05, 0.1) is 11.9 Å². The Labute approximate surface area is 196 Å². The number of fused-ring (bicyclic) bond motifs is 1. The lowest BCUT2D eigenvalue weighted by Crippen LogP contribution is -2.42. The Morgan fingerprint density at radius 3 is 2.68 bits per heavy atom. The fourth-order valence-corrected chi connectivity index (χ4v) is 3.86. The number of hydrogen-bond acceptors (Lipinski definition) is 7. The number of carbonyl (C=O) groups excluding carboxylic acids is 1. The minimum Gasteiger partial charge on any atom is -0.457 e. The molecule has 4 aromatic rings. The van der Waals surface area contributed by atoms with E-state index in [0.29, 0.717) is 48.0 Å². The number of carbonyl (C=O) groups is 1. The van der Waals surface area contributed by atoms with Crippen LogP contribution in [0.1, 0.15) is 12.8 Å². The lowest BCUT2D eigenvalue weighted by molar-refractivity contribution is 0.0907. The molecule has 34 heavy (non-hydrogen) atoms. The van der Waals surface area contributed by atoms with E-state index < -0.39 is 0 Å². The summed E-state index contributed by atoms with van der Waals surface area (Å²) in [6.07, 6.45) is 2.96. The standard InChI is InChI=1S/C24H25N7O3/c25-22-20-21(16-8-10-18(11-9-16)34-17-5-2-1-3-6-17)30-31(23(20)28-15-27-22)13-12-26-24(32)29-19-7-4-14-33-19/h1-3,5-6,8-11,15,19H,4,7,12-14H2,(H2,25,27,28)(H2,26,29,32). The first-order chi connectivity index (χ1) is 16.7. The molecule has 10 heteroatoms. The fourth-order valence-electron chi connectivity index (χ4n) is 3.86. The van der Waals surface area contributed by atoms with Crippen LogP contribution in [0.2, 0.25) is 0 Å². The summed E-state index contributed by atoms with van der Waals surface area (Å²) in [6, 6.07) is 16.9. The highest BCUT2D eigenvalue weighted by Crippen LogP contribution is 2.31. The number of amides is 2. The summed E-state index contributed by atoms with van der Waals surface area (Å²) in [5.74, 6) is 1.82. The molecule has 2 aromatic carbocycles. The number of aromatic nitrogens is 4. The maximum absolute atomic E-state index is 12.1. The number of hydrogen-bond donors (Lipinski definition) is 3. The van der Waals surface area contributed by atoms with Gasteiger partial charge < -0.3 is 25.8 Å². The summed E-state index contributed by atoms with van der Waals surface area (Å²) < 4.78 is 13.0. The zero-order valence-electron chi connectivity index (χ0n) is 18.5. The number of nitrogens with zero attached hydrogens (tertiary/aromatic N) is 4. The molecule has 5 rings (SSSR count). The minimum absolute atomic E-state index is 0.224. The number of nitrogens with one attached hydrogen (secondary N) is 2. The van der Waals surface area contributed by atoms with Crippen molar-refractivity contribution in [3.63, 3.8) is 0 Å². The van der Waals surface area contributed by atoms with Crippen LogP contribution in [0.4, 0.5) is 10.6 Å². The van der Waals surface area contributed by atoms with E-state index in [9.17, 15) is 4.79 Å². The van der Waals surface area contributed by atoms with Gasteiger partial charge in [-0.05, 0) is 49.2 Å². The molecule has 2 amide bonds. The molecule has 1 aliphatic heterocycles. The van der Waals surface area contributed by atoms with Gasteiger partial charge in [0.25, 0.3) is 0 Å². The van der Waals surface area contributed by atoms with Gasteiger partial charge in [0.2, 0.25) is 0 Å². The van der Waals surface area contributed by atoms with Gasteiger partial charge in [-0.15, -0.1) is 0 Å². The first-order valence-corrected chi connectivity index (χ1v) is 11.1. The van der Waals surface area contributed by atoms with Crippen LogP contribution in [0, 0.1) is 0 Å². The zero-order valence-corrected chi connectivity index (χ0v) is 18.5. The molecule has 174 valence electrons. The highest BCUT2D eigenvalue weighted by molar-refractivity contribution is 5.98. The molecule has 1 atom stereocenters. The summed E-state index contributed by atoms with van der Waals surface area (Å²) in [5, 5.41) is 11.0. The lowest BCUT2D eigenvalue weighted by Gasteiger charge is -2.12. The van der Waals surface area contributed by atoms with Crippen molar-refractivity contribution in [3.05, 3.63) is 60.9 Å². The first-order valence-electron chi connectivity index (χ1n) is 11.1. The molecular formula is C24H25N7O3. The van der Waals surface area contributed by atoms with Crippen LogP contribution in [0.25, 0.3) is 22.3 Å². The van der Waals surface area contributed by atoms with E-state index in [-0.39, 0.29) is 12.3 Å². The number of nitrogen functional groups attached to an aromatic ring is 1. The lowest BCUT2D eigenvalue weighted by atomic mass is 10.1. The molecule has 10 nitrogen and oxygen atoms in total. The van der Waals surface area contributed by atoms with Crippen LogP contribution in [-0.2, 0) is 11.3 Å². The van der Waals surface area contributed by atoms with Gasteiger partial charge in [0.15, 0.2) is 5.65 Å². The van der Waals surface area contributed by atoms with Crippen molar-refractivity contribution in [3.8, 4) is 22.8 Å². The minimum atomic E-state index is -0.272. The van der Waals surface area contributed by atoms with Gasteiger partial charge in [0.1, 0.15) is 35.6 Å². The molecule has 0 aliphatic carbocycles. The average molecular weight is 460 g/mol. The zero-order chi connectivity index (χ0) is 23.3. The Hall–Kier alpha value is -4.18. The fraction of sp³-hybridized carbons (Fsp3) is 0.250. The summed E-state index contributed by atoms with van der Waals surface area (Å²) >= 11 is 0. The van der Waals surface area contributed by atoms with Crippen molar-refractivity contribution < 1.29 is 14.3 Å². The summed E-state index contributed by atoms with van der Waals surface area (Å²) in [7, 11) is 0. The molecule has 2 aromatic heterocycles. The molecule has 1 fully saturated rings. The van der Waals surface area contributed by atoms with E-state index in [2.05, 4.69) is 20.6 Å². The van der Waals surface area contributed by atoms with Crippen LogP contribution in [0.5, 0.6) is 11.5 Å². The van der Waals surface area contributed by atoms with Crippen LogP contribution < -0.4 is 21.1 Å². The third kappa shape index (κ3) is 4.76. The molecule has 0 spiro atoms. The van der Waals surface area contributed by atoms with Crippen LogP contribution in [0.15, 0.2) is 60.9 Å². The molecule has 3 heterocycles. The van der Waals surface area contributed by atoms with Gasteiger partial charge in [-0.3, -0.25) is 0 Å². The van der Waals surface area contributed by atoms with E-state index in [4.69, 9.17) is 20.3 Å². The second-order valence-corrected chi connectivity index (χ2v) is 7.87. The molecule has 1 unspecified atom stereocenters. The van der Waals surface area contributed by atoms with E-state index in [1.807, 2.05) is 54.6 Å². The van der Waals surface area contributed by atoms with Crippen molar-refractivity contribution in [1.29, 1.82) is 0 Å². The second kappa shape index (κ2) is 9.75. The SMILES string of the molecule is Nc1ncnc2c1c(-c1ccc(Oc3ccccc3)cc1)nn2CCNC(=O)NC1CCCO1. The number of anilines is 1. The smallest absolute Gasteiger partial charge is 0.316 e. The highest BCUT2D eigenvalue weighted by atomic mass is 16.5. The van der Waals surface area contributed by atoms with Gasteiger partial charge >= 0.3 is 6.03 Å². The number of para-hydroxylation sites is 1. The second-order valence-electron chi connectivity index (χ2n) is 7.87. The number of benzene rings is 2. The molecule has 0 saturated carbocycles. The highest BCUT2D eigenvalue weighted by Gasteiger charge is 2.19. The predicted molar refractivity (Wildman–Crippen MR) is 127 cm³/mol. The molecular weight excluding hydrogens is 434 g/mol. The largest absolute Gasteiger partial charge is 0.457 e. The van der Waals surface area contributed by atoms with E-state index in [1.54, 1.807) is 4.68 Å². The normalized spacial score (nSPS) is 15.4. The average Bonchev–Trinajstić information content (AvgIpc) is 3.49. The Bertz CT molecular complexity index is 1270. The number of urea groups is 1. The molecule has 1 aliphatic rings. The Kier molecular flexibility index (Phi) is 6.21. The predicted octanol–water partition coefficient (Wildman–Crippen LogP) is 3.30. The van der Waals surface area contributed by atoms with Crippen molar-refractivity contribution in [1.82, 2.24) is 30.4 Å². The van der Waals surface area contributed by atoms with E-state index in [1.165, 1.54) is 6.33 Å². The molecule has 1 saturated heterocycles. The van der Waals surface area contributed by atoms with Crippen LogP contribution in [0.3, 0.4) is 0 Å². The Morgan fingerprint density at radius 1 is 1.12 bits per heavy atom. The van der Waals surface area contributed by atoms with Crippen molar-refractivity contribution in [2.45, 2.75) is 25.6 Å². The maximum Gasteiger partial charge on any atom is 0.316 e. The Morgan fingerprint density at radius 2 is 1.91 bits per heavy atom. The third-order valence-electron chi connectivity index (χ3n) is 5.50. The van der Waals surface area contributed by atoms with Crippen molar-refractivity contribution in [2.75, 3.05) is 18.9 Å². The van der Waals surface area contributed by atoms with E-state index in [0.717, 1.165) is 24.2 Å². The number of rotatable bonds is 7. The molecule has 0 bridgehead atoms. The monoisotopic (exact) mass is 459 g/mol. The van der Waals surface area contributed by atoms with Crippen molar-refractivity contribution >= 4 is 22.9 Å². The Balaban J connectivity index is 1.32. The van der Waals surface area contributed by atoms with Crippen LogP contribution >= 0.6 is 0 Å². The molecule has 4 N–H and O–H groups in total. The van der Waals surface area contributed by atoms with Crippen molar-refractivity contribution in [2.24, 2.45) is 0 Å². The topological polar surface area (TPSA) is 129 Å². The van der Waals surface area contributed by atoms with Gasteiger partial charge in [-0.1, -0.05) is 18.2 Å². The number of nitrogens with two attached hydrogens (primary N) is 1. The van der Waals surface area contributed by atoms with E-state index >= 15 is 0 Å². The first kappa shape index (κ1) is 21.7.